The van der Waals surface area contributed by atoms with Crippen molar-refractivity contribution in [2.75, 3.05) is 5.32 Å². The van der Waals surface area contributed by atoms with Crippen LogP contribution in [0, 0.1) is 12.8 Å². The topological polar surface area (TPSA) is 80.9 Å². The van der Waals surface area contributed by atoms with Crippen LogP contribution < -0.4 is 11.1 Å². The fourth-order valence-electron chi connectivity index (χ4n) is 5.34. The molecule has 5 nitrogen and oxygen atoms in total. The smallest absolute Gasteiger partial charge is 0.229 e. The van der Waals surface area contributed by atoms with E-state index >= 15 is 0 Å². The Morgan fingerprint density at radius 1 is 1.09 bits per heavy atom. The van der Waals surface area contributed by atoms with E-state index in [1.165, 1.54) is 43.2 Å². The second-order valence-corrected chi connectivity index (χ2v) is 10.0. The second-order valence-electron chi connectivity index (χ2n) is 10.0. The minimum Gasteiger partial charge on any atom is -0.399 e. The van der Waals surface area contributed by atoms with Crippen molar-refractivity contribution in [1.82, 2.24) is 9.97 Å². The number of nitrogens with one attached hydrogen (secondary N) is 1. The van der Waals surface area contributed by atoms with E-state index in [1.807, 2.05) is 30.3 Å². The number of rotatable bonds is 5. The summed E-state index contributed by atoms with van der Waals surface area (Å²) in [4.78, 5) is 23.2. The third-order valence-corrected chi connectivity index (χ3v) is 7.23. The maximum absolute atomic E-state index is 13.0. The van der Waals surface area contributed by atoms with E-state index in [4.69, 9.17) is 15.7 Å². The maximum atomic E-state index is 13.0. The van der Waals surface area contributed by atoms with Crippen LogP contribution in [0.1, 0.15) is 72.7 Å². The first-order chi connectivity index (χ1) is 16.5. The molecule has 2 bridgehead atoms. The van der Waals surface area contributed by atoms with E-state index in [0.717, 1.165) is 47.6 Å². The summed E-state index contributed by atoms with van der Waals surface area (Å²) in [5.41, 5.74) is 13.2. The Morgan fingerprint density at radius 2 is 1.88 bits per heavy atom. The van der Waals surface area contributed by atoms with Crippen molar-refractivity contribution in [2.24, 2.45) is 11.7 Å². The molecule has 0 saturated heterocycles. The summed E-state index contributed by atoms with van der Waals surface area (Å²) in [5.74, 6) is 1.29. The molecule has 1 unspecified atom stereocenters. The summed E-state index contributed by atoms with van der Waals surface area (Å²) in [7, 11) is 0. The summed E-state index contributed by atoms with van der Waals surface area (Å²) < 4.78 is 0. The highest BCUT2D eigenvalue weighted by Crippen LogP contribution is 2.34. The van der Waals surface area contributed by atoms with Crippen molar-refractivity contribution >= 4 is 11.7 Å². The molecular formula is C29H34N4O. The SMILES string of the molecule is Cc1ccc(CC(=O)Nc2nc3c(nc2CC2CCCCC2)C2C=CC(N)=CC(=C2)CC3)cc1. The summed E-state index contributed by atoms with van der Waals surface area (Å²) in [6.45, 7) is 2.05. The first-order valence-electron chi connectivity index (χ1n) is 12.6. The van der Waals surface area contributed by atoms with Gasteiger partial charge >= 0.3 is 0 Å². The van der Waals surface area contributed by atoms with Gasteiger partial charge in [0.2, 0.25) is 5.91 Å². The van der Waals surface area contributed by atoms with Gasteiger partial charge in [0.1, 0.15) is 0 Å². The van der Waals surface area contributed by atoms with Crippen LogP contribution >= 0.6 is 0 Å². The zero-order valence-electron chi connectivity index (χ0n) is 20.0. The fraction of sp³-hybridized carbons (Fsp3) is 0.414. The van der Waals surface area contributed by atoms with Crippen LogP contribution in [0.25, 0.3) is 0 Å². The number of benzene rings is 1. The Bertz CT molecular complexity index is 1150. The van der Waals surface area contributed by atoms with Gasteiger partial charge in [-0.25, -0.2) is 4.98 Å². The molecule has 1 fully saturated rings. The van der Waals surface area contributed by atoms with Gasteiger partial charge in [0.25, 0.3) is 0 Å². The van der Waals surface area contributed by atoms with Gasteiger partial charge in [-0.1, -0.05) is 74.1 Å². The van der Waals surface area contributed by atoms with E-state index in [1.54, 1.807) is 0 Å². The summed E-state index contributed by atoms with van der Waals surface area (Å²) in [6, 6.07) is 8.12. The highest BCUT2D eigenvalue weighted by molar-refractivity contribution is 5.91. The third-order valence-electron chi connectivity index (χ3n) is 7.23. The van der Waals surface area contributed by atoms with Gasteiger partial charge in [-0.15, -0.1) is 0 Å². The molecular weight excluding hydrogens is 420 g/mol. The predicted molar refractivity (Wildman–Crippen MR) is 136 cm³/mol. The van der Waals surface area contributed by atoms with Gasteiger partial charge in [0.05, 0.1) is 23.5 Å². The molecule has 0 spiro atoms. The number of aromatic nitrogens is 2. The standard InChI is InChI=1S/C29H34N4O/c1-19-7-9-21(10-8-19)18-27(34)33-29-26(17-20-5-3-2-4-6-20)31-28-23-12-13-24(30)16-22(15-23)11-14-25(28)32-29/h7-10,12-13,15-16,20,23H,2-6,11,14,17-18,30H2,1H3,(H,32,33,34). The Balaban J connectivity index is 1.45. The zero-order valence-corrected chi connectivity index (χ0v) is 20.0. The number of allylic oxidation sites excluding steroid dienone is 5. The lowest BCUT2D eigenvalue weighted by Crippen LogP contribution is -2.21. The van der Waals surface area contributed by atoms with Gasteiger partial charge in [-0.05, 0) is 55.4 Å². The molecule has 1 heterocycles. The van der Waals surface area contributed by atoms with Crippen LogP contribution in [0.5, 0.6) is 0 Å². The van der Waals surface area contributed by atoms with Crippen LogP contribution in [0.3, 0.4) is 0 Å². The molecule has 1 amide bonds. The molecule has 2 aromatic rings. The van der Waals surface area contributed by atoms with Crippen molar-refractivity contribution in [3.05, 3.63) is 88.0 Å². The third kappa shape index (κ3) is 5.30. The summed E-state index contributed by atoms with van der Waals surface area (Å²) >= 11 is 0. The van der Waals surface area contributed by atoms with Crippen molar-refractivity contribution in [1.29, 1.82) is 0 Å². The lowest BCUT2D eigenvalue weighted by molar-refractivity contribution is -0.115. The number of fused-ring (bicyclic) bond motifs is 3. The average molecular weight is 455 g/mol. The van der Waals surface area contributed by atoms with Crippen LogP contribution in [0.4, 0.5) is 5.82 Å². The number of nitrogens with two attached hydrogens (primary N) is 1. The lowest BCUT2D eigenvalue weighted by atomic mass is 9.86. The van der Waals surface area contributed by atoms with E-state index < -0.39 is 0 Å². The molecule has 5 heteroatoms. The molecule has 5 rings (SSSR count). The molecule has 3 N–H and O–H groups in total. The Kier molecular flexibility index (Phi) is 6.61. The van der Waals surface area contributed by atoms with Crippen molar-refractivity contribution < 1.29 is 4.79 Å². The van der Waals surface area contributed by atoms with Gasteiger partial charge in [-0.3, -0.25) is 9.78 Å². The number of amides is 1. The van der Waals surface area contributed by atoms with E-state index in [2.05, 4.69) is 30.5 Å². The second kappa shape index (κ2) is 9.96. The molecule has 1 aromatic heterocycles. The molecule has 3 aliphatic rings. The minimum atomic E-state index is -0.0382. The highest BCUT2D eigenvalue weighted by atomic mass is 16.1. The number of hydrogen-bond acceptors (Lipinski definition) is 4. The summed E-state index contributed by atoms with van der Waals surface area (Å²) in [6.07, 6.45) is 17.6. The number of carbonyl (C=O) groups is 1. The molecule has 0 radical (unpaired) electrons. The first kappa shape index (κ1) is 22.6. The van der Waals surface area contributed by atoms with Gasteiger partial charge < -0.3 is 11.1 Å². The number of hydrogen-bond donors (Lipinski definition) is 2. The molecule has 3 aliphatic carbocycles. The fourth-order valence-corrected chi connectivity index (χ4v) is 5.34. The van der Waals surface area contributed by atoms with Crippen LogP contribution in [-0.4, -0.2) is 15.9 Å². The first-order valence-corrected chi connectivity index (χ1v) is 12.6. The molecule has 1 atom stereocenters. The number of aryl methyl sites for hydroxylation is 2. The largest absolute Gasteiger partial charge is 0.399 e. The van der Waals surface area contributed by atoms with Gasteiger partial charge in [0, 0.05) is 11.6 Å². The zero-order chi connectivity index (χ0) is 23.5. The number of nitrogens with zero attached hydrogens (tertiary/aromatic N) is 2. The molecule has 1 saturated carbocycles. The quantitative estimate of drug-likeness (QED) is 0.629. The predicted octanol–water partition coefficient (Wildman–Crippen LogP) is 5.46. The Morgan fingerprint density at radius 3 is 2.68 bits per heavy atom. The number of carbonyl (C=O) groups excluding carboxylic acids is 1. The molecule has 1 aromatic carbocycles. The monoisotopic (exact) mass is 454 g/mol. The van der Waals surface area contributed by atoms with Crippen molar-refractivity contribution in [2.45, 2.75) is 70.6 Å². The Labute approximate surface area is 202 Å². The van der Waals surface area contributed by atoms with Crippen LogP contribution in [0.2, 0.25) is 0 Å². The van der Waals surface area contributed by atoms with Crippen LogP contribution in [0.15, 0.2) is 59.8 Å². The maximum Gasteiger partial charge on any atom is 0.229 e. The highest BCUT2D eigenvalue weighted by Gasteiger charge is 2.25. The van der Waals surface area contributed by atoms with Crippen molar-refractivity contribution in [3.63, 3.8) is 0 Å². The molecule has 176 valence electrons. The minimum absolute atomic E-state index is 0.0382. The van der Waals surface area contributed by atoms with Gasteiger partial charge in [0.15, 0.2) is 5.82 Å². The number of anilines is 1. The van der Waals surface area contributed by atoms with Crippen LogP contribution in [-0.2, 0) is 24.1 Å². The summed E-state index contributed by atoms with van der Waals surface area (Å²) in [5, 5.41) is 3.13. The molecule has 34 heavy (non-hydrogen) atoms. The van der Waals surface area contributed by atoms with Crippen molar-refractivity contribution in [3.8, 4) is 0 Å². The Hall–Kier alpha value is -3.21. The van der Waals surface area contributed by atoms with E-state index in [0.29, 0.717) is 18.2 Å². The molecule has 0 aliphatic heterocycles. The lowest BCUT2D eigenvalue weighted by Gasteiger charge is -2.23. The van der Waals surface area contributed by atoms with E-state index in [-0.39, 0.29) is 11.8 Å². The normalized spacial score (nSPS) is 20.0. The van der Waals surface area contributed by atoms with E-state index in [9.17, 15) is 4.79 Å². The van der Waals surface area contributed by atoms with Gasteiger partial charge in [-0.2, -0.15) is 0 Å². The average Bonchev–Trinajstić information content (AvgIpc) is 3.12.